The van der Waals surface area contributed by atoms with Crippen molar-refractivity contribution in [3.63, 3.8) is 0 Å². The van der Waals surface area contributed by atoms with Gasteiger partial charge in [-0.1, -0.05) is 29.8 Å². The lowest BCUT2D eigenvalue weighted by molar-refractivity contribution is 0.415. The van der Waals surface area contributed by atoms with E-state index in [0.29, 0.717) is 22.8 Å². The first-order valence-corrected chi connectivity index (χ1v) is 6.78. The van der Waals surface area contributed by atoms with Gasteiger partial charge < -0.3 is 4.74 Å². The Morgan fingerprint density at radius 2 is 2.00 bits per heavy atom. The fourth-order valence-corrected chi connectivity index (χ4v) is 2.42. The maximum Gasteiger partial charge on any atom is 0.137 e. The van der Waals surface area contributed by atoms with Crippen molar-refractivity contribution in [2.75, 3.05) is 7.11 Å². The molecule has 0 heterocycles. The Kier molecular flexibility index (Phi) is 4.82. The topological polar surface area (TPSA) is 56.8 Å². The SMILES string of the molecule is COc1ccc(CC(C#N)c2cccc(C#N)c2)cc1Cl. The number of nitrogens with zero attached hydrogens (tertiary/aromatic N) is 2. The Bertz CT molecular complexity index is 728. The van der Waals surface area contributed by atoms with Crippen LogP contribution in [0.5, 0.6) is 5.75 Å². The standard InChI is InChI=1S/C17H13ClN2O/c1-21-17-6-5-12(9-16(17)18)7-15(11-20)14-4-2-3-13(8-14)10-19/h2-6,8-9,15H,7H2,1H3. The second kappa shape index (κ2) is 6.79. The van der Waals surface area contributed by atoms with E-state index in [1.807, 2.05) is 12.1 Å². The van der Waals surface area contributed by atoms with Gasteiger partial charge in [-0.05, 0) is 41.8 Å². The van der Waals surface area contributed by atoms with E-state index in [0.717, 1.165) is 11.1 Å². The lowest BCUT2D eigenvalue weighted by Crippen LogP contribution is -2.01. The van der Waals surface area contributed by atoms with Gasteiger partial charge in [0.2, 0.25) is 0 Å². The van der Waals surface area contributed by atoms with Crippen LogP contribution in [0.2, 0.25) is 5.02 Å². The van der Waals surface area contributed by atoms with Gasteiger partial charge in [0, 0.05) is 0 Å². The summed E-state index contributed by atoms with van der Waals surface area (Å²) < 4.78 is 5.11. The molecule has 4 heteroatoms. The summed E-state index contributed by atoms with van der Waals surface area (Å²) in [6, 6.07) is 17.0. The highest BCUT2D eigenvalue weighted by Gasteiger charge is 2.13. The highest BCUT2D eigenvalue weighted by atomic mass is 35.5. The zero-order valence-corrected chi connectivity index (χ0v) is 12.3. The Hall–Kier alpha value is -2.49. The molecule has 0 saturated carbocycles. The largest absolute Gasteiger partial charge is 0.495 e. The zero-order chi connectivity index (χ0) is 15.2. The molecule has 104 valence electrons. The normalized spacial score (nSPS) is 11.2. The van der Waals surface area contributed by atoms with Gasteiger partial charge in [-0.25, -0.2) is 0 Å². The van der Waals surface area contributed by atoms with Crippen molar-refractivity contribution in [1.29, 1.82) is 10.5 Å². The molecule has 1 atom stereocenters. The fraction of sp³-hybridized carbons (Fsp3) is 0.176. The van der Waals surface area contributed by atoms with Crippen molar-refractivity contribution in [2.45, 2.75) is 12.3 Å². The molecule has 21 heavy (non-hydrogen) atoms. The van der Waals surface area contributed by atoms with E-state index < -0.39 is 0 Å². The summed E-state index contributed by atoms with van der Waals surface area (Å²) in [5.74, 6) is 0.295. The number of ether oxygens (including phenoxy) is 1. The molecule has 0 fully saturated rings. The van der Waals surface area contributed by atoms with Crippen LogP contribution in [0.25, 0.3) is 0 Å². The molecule has 0 aliphatic carbocycles. The van der Waals surface area contributed by atoms with Crippen LogP contribution in [0.1, 0.15) is 22.6 Å². The maximum absolute atomic E-state index is 9.38. The second-order valence-corrected chi connectivity index (χ2v) is 5.00. The minimum atomic E-state index is -0.317. The van der Waals surface area contributed by atoms with Crippen LogP contribution in [0.4, 0.5) is 0 Å². The summed E-state index contributed by atoms with van der Waals surface area (Å²) in [5, 5.41) is 18.8. The smallest absolute Gasteiger partial charge is 0.137 e. The molecule has 0 spiro atoms. The highest BCUT2D eigenvalue weighted by molar-refractivity contribution is 6.32. The molecule has 1 unspecified atom stereocenters. The van der Waals surface area contributed by atoms with Crippen LogP contribution >= 0.6 is 11.6 Å². The molecular weight excluding hydrogens is 284 g/mol. The monoisotopic (exact) mass is 296 g/mol. The molecule has 0 aliphatic rings. The summed E-state index contributed by atoms with van der Waals surface area (Å²) >= 11 is 6.10. The minimum absolute atomic E-state index is 0.317. The molecule has 0 aliphatic heterocycles. The Morgan fingerprint density at radius 1 is 1.19 bits per heavy atom. The van der Waals surface area contributed by atoms with Crippen molar-refractivity contribution >= 4 is 11.6 Å². The van der Waals surface area contributed by atoms with E-state index in [1.165, 1.54) is 0 Å². The Balaban J connectivity index is 2.25. The number of methoxy groups -OCH3 is 1. The number of halogens is 1. The van der Waals surface area contributed by atoms with E-state index >= 15 is 0 Å². The van der Waals surface area contributed by atoms with E-state index in [1.54, 1.807) is 37.4 Å². The van der Waals surface area contributed by atoms with Gasteiger partial charge in [0.1, 0.15) is 5.75 Å². The van der Waals surface area contributed by atoms with Gasteiger partial charge >= 0.3 is 0 Å². The zero-order valence-electron chi connectivity index (χ0n) is 11.5. The van der Waals surface area contributed by atoms with Crippen molar-refractivity contribution in [3.05, 3.63) is 64.2 Å². The molecule has 0 radical (unpaired) electrons. The van der Waals surface area contributed by atoms with Gasteiger partial charge in [0.25, 0.3) is 0 Å². The van der Waals surface area contributed by atoms with Gasteiger partial charge in [0.05, 0.1) is 35.8 Å². The number of hydrogen-bond acceptors (Lipinski definition) is 3. The summed E-state index contributed by atoms with van der Waals surface area (Å²) in [6.45, 7) is 0. The molecule has 2 rings (SSSR count). The average molecular weight is 297 g/mol. The molecule has 0 N–H and O–H groups in total. The number of rotatable bonds is 4. The summed E-state index contributed by atoms with van der Waals surface area (Å²) in [5.41, 5.74) is 2.35. The number of benzene rings is 2. The third kappa shape index (κ3) is 3.54. The molecule has 0 saturated heterocycles. The lowest BCUT2D eigenvalue weighted by Gasteiger charge is -2.11. The number of nitriles is 2. The van der Waals surface area contributed by atoms with E-state index in [4.69, 9.17) is 21.6 Å². The summed E-state index contributed by atoms with van der Waals surface area (Å²) in [7, 11) is 1.56. The predicted molar refractivity (Wildman–Crippen MR) is 81.2 cm³/mol. The van der Waals surface area contributed by atoms with Gasteiger partial charge in [-0.2, -0.15) is 10.5 Å². The minimum Gasteiger partial charge on any atom is -0.495 e. The van der Waals surface area contributed by atoms with Crippen molar-refractivity contribution < 1.29 is 4.74 Å². The molecule has 0 bridgehead atoms. The third-order valence-electron chi connectivity index (χ3n) is 3.23. The first kappa shape index (κ1) is 14.9. The molecule has 0 amide bonds. The molecule has 3 nitrogen and oxygen atoms in total. The fourth-order valence-electron chi connectivity index (χ4n) is 2.14. The third-order valence-corrected chi connectivity index (χ3v) is 3.53. The Labute approximate surface area is 129 Å². The maximum atomic E-state index is 9.38. The van der Waals surface area contributed by atoms with Crippen molar-refractivity contribution in [1.82, 2.24) is 0 Å². The lowest BCUT2D eigenvalue weighted by atomic mass is 9.92. The van der Waals surface area contributed by atoms with Crippen molar-refractivity contribution in [2.24, 2.45) is 0 Å². The van der Waals surface area contributed by atoms with E-state index in [9.17, 15) is 5.26 Å². The second-order valence-electron chi connectivity index (χ2n) is 4.59. The first-order valence-electron chi connectivity index (χ1n) is 6.40. The number of hydrogen-bond donors (Lipinski definition) is 0. The molecular formula is C17H13ClN2O. The van der Waals surface area contributed by atoms with Crippen LogP contribution in [0, 0.1) is 22.7 Å². The van der Waals surface area contributed by atoms with E-state index in [-0.39, 0.29) is 5.92 Å². The summed E-state index contributed by atoms with van der Waals surface area (Å²) in [4.78, 5) is 0. The summed E-state index contributed by atoms with van der Waals surface area (Å²) in [6.07, 6.45) is 0.537. The molecule has 0 aromatic heterocycles. The highest BCUT2D eigenvalue weighted by Crippen LogP contribution is 2.28. The first-order chi connectivity index (χ1) is 10.2. The van der Waals surface area contributed by atoms with Gasteiger partial charge in [0.15, 0.2) is 0 Å². The molecule has 2 aromatic carbocycles. The Morgan fingerprint density at radius 3 is 2.62 bits per heavy atom. The predicted octanol–water partition coefficient (Wildman–Crippen LogP) is 4.07. The van der Waals surface area contributed by atoms with Crippen LogP contribution in [-0.4, -0.2) is 7.11 Å². The average Bonchev–Trinajstić information content (AvgIpc) is 2.52. The van der Waals surface area contributed by atoms with Crippen LogP contribution in [-0.2, 0) is 6.42 Å². The van der Waals surface area contributed by atoms with Crippen LogP contribution < -0.4 is 4.74 Å². The van der Waals surface area contributed by atoms with E-state index in [2.05, 4.69) is 12.1 Å². The van der Waals surface area contributed by atoms with Gasteiger partial charge in [-0.15, -0.1) is 0 Å². The van der Waals surface area contributed by atoms with Crippen molar-refractivity contribution in [3.8, 4) is 17.9 Å². The molecule has 2 aromatic rings. The van der Waals surface area contributed by atoms with Crippen LogP contribution in [0.3, 0.4) is 0 Å². The van der Waals surface area contributed by atoms with Gasteiger partial charge in [-0.3, -0.25) is 0 Å². The van der Waals surface area contributed by atoms with Crippen LogP contribution in [0.15, 0.2) is 42.5 Å². The quantitative estimate of drug-likeness (QED) is 0.854.